The molecule has 1 amide bonds. The number of hydrogen-bond acceptors (Lipinski definition) is 3. The molecule has 0 radical (unpaired) electrons. The zero-order chi connectivity index (χ0) is 19.9. The van der Waals surface area contributed by atoms with Crippen molar-refractivity contribution in [2.45, 2.75) is 0 Å². The third-order valence-electron chi connectivity index (χ3n) is 3.88. The van der Waals surface area contributed by atoms with Crippen molar-refractivity contribution in [1.29, 1.82) is 0 Å². The van der Waals surface area contributed by atoms with Gasteiger partial charge in [-0.2, -0.15) is 0 Å². The summed E-state index contributed by atoms with van der Waals surface area (Å²) in [6.45, 7) is 0. The third kappa shape index (κ3) is 5.45. The molecular formula is C21H18ClN3O2S. The fraction of sp³-hybridized carbons (Fsp3) is 0.0476. The molecule has 3 aromatic carbocycles. The molecule has 0 aromatic heterocycles. The second-order valence-corrected chi connectivity index (χ2v) is 6.73. The SMILES string of the molecule is COc1ccc2cc(/C=C/C(=O)NNC(=S)Nc3cccc(Cl)c3)ccc2c1. The van der Waals surface area contributed by atoms with E-state index in [0.717, 1.165) is 27.8 Å². The first-order valence-electron chi connectivity index (χ1n) is 8.42. The van der Waals surface area contributed by atoms with Crippen LogP contribution in [0.5, 0.6) is 5.75 Å². The maximum absolute atomic E-state index is 12.0. The van der Waals surface area contributed by atoms with Crippen LogP contribution in [-0.2, 0) is 4.79 Å². The monoisotopic (exact) mass is 411 g/mol. The molecule has 0 heterocycles. The summed E-state index contributed by atoms with van der Waals surface area (Å²) in [6, 6.07) is 18.9. The van der Waals surface area contributed by atoms with E-state index in [1.165, 1.54) is 6.08 Å². The van der Waals surface area contributed by atoms with Crippen LogP contribution in [0.1, 0.15) is 5.56 Å². The van der Waals surface area contributed by atoms with E-state index >= 15 is 0 Å². The number of hydrogen-bond donors (Lipinski definition) is 3. The van der Waals surface area contributed by atoms with Crippen LogP contribution in [0.3, 0.4) is 0 Å². The van der Waals surface area contributed by atoms with Gasteiger partial charge in [-0.1, -0.05) is 35.9 Å². The number of rotatable bonds is 4. The van der Waals surface area contributed by atoms with Gasteiger partial charge >= 0.3 is 0 Å². The Morgan fingerprint density at radius 2 is 1.82 bits per heavy atom. The molecule has 3 rings (SSSR count). The van der Waals surface area contributed by atoms with Crippen molar-refractivity contribution >= 4 is 57.4 Å². The lowest BCUT2D eigenvalue weighted by Gasteiger charge is -2.10. The highest BCUT2D eigenvalue weighted by Gasteiger charge is 2.01. The Morgan fingerprint density at radius 1 is 1.04 bits per heavy atom. The van der Waals surface area contributed by atoms with Gasteiger partial charge in [0, 0.05) is 16.8 Å². The van der Waals surface area contributed by atoms with Gasteiger partial charge in [-0.25, -0.2) is 0 Å². The van der Waals surface area contributed by atoms with Crippen LogP contribution in [0.2, 0.25) is 5.02 Å². The number of carbonyl (C=O) groups excluding carboxylic acids is 1. The topological polar surface area (TPSA) is 62.4 Å². The predicted molar refractivity (Wildman–Crippen MR) is 118 cm³/mol. The molecular weight excluding hydrogens is 394 g/mol. The van der Waals surface area contributed by atoms with Gasteiger partial charge in [-0.05, 0) is 71.0 Å². The average molecular weight is 412 g/mol. The van der Waals surface area contributed by atoms with E-state index in [0.29, 0.717) is 5.02 Å². The van der Waals surface area contributed by atoms with Gasteiger partial charge in [-0.15, -0.1) is 0 Å². The molecule has 0 saturated carbocycles. The molecule has 5 nitrogen and oxygen atoms in total. The first-order chi connectivity index (χ1) is 13.5. The lowest BCUT2D eigenvalue weighted by atomic mass is 10.1. The summed E-state index contributed by atoms with van der Waals surface area (Å²) in [4.78, 5) is 12.0. The Kier molecular flexibility index (Phi) is 6.47. The van der Waals surface area contributed by atoms with E-state index in [4.69, 9.17) is 28.6 Å². The molecule has 0 aliphatic heterocycles. The van der Waals surface area contributed by atoms with E-state index in [9.17, 15) is 4.79 Å². The van der Waals surface area contributed by atoms with Crippen molar-refractivity contribution in [2.24, 2.45) is 0 Å². The number of amides is 1. The molecule has 28 heavy (non-hydrogen) atoms. The molecule has 0 spiro atoms. The standard InChI is InChI=1S/C21H18ClN3O2S/c1-27-19-9-8-15-11-14(5-7-16(15)12-19)6-10-20(26)24-25-21(28)23-18-4-2-3-17(22)13-18/h2-13H,1H3,(H,24,26)(H2,23,25,28)/b10-6+. The summed E-state index contributed by atoms with van der Waals surface area (Å²) in [7, 11) is 1.64. The summed E-state index contributed by atoms with van der Waals surface area (Å²) in [5.74, 6) is 0.480. The fourth-order valence-electron chi connectivity index (χ4n) is 2.53. The highest BCUT2D eigenvalue weighted by Crippen LogP contribution is 2.22. The smallest absolute Gasteiger partial charge is 0.262 e. The second kappa shape index (κ2) is 9.21. The van der Waals surface area contributed by atoms with Gasteiger partial charge in [0.05, 0.1) is 7.11 Å². The van der Waals surface area contributed by atoms with Crippen molar-refractivity contribution < 1.29 is 9.53 Å². The van der Waals surface area contributed by atoms with Gasteiger partial charge in [0.15, 0.2) is 5.11 Å². The fourth-order valence-corrected chi connectivity index (χ4v) is 2.89. The molecule has 142 valence electrons. The number of nitrogens with one attached hydrogen (secondary N) is 3. The van der Waals surface area contributed by atoms with Gasteiger partial charge in [0.25, 0.3) is 5.91 Å². The maximum Gasteiger partial charge on any atom is 0.262 e. The van der Waals surface area contributed by atoms with E-state index in [1.54, 1.807) is 31.4 Å². The minimum Gasteiger partial charge on any atom is -0.497 e. The Balaban J connectivity index is 1.54. The molecule has 0 aliphatic carbocycles. The third-order valence-corrected chi connectivity index (χ3v) is 4.32. The highest BCUT2D eigenvalue weighted by molar-refractivity contribution is 7.80. The zero-order valence-corrected chi connectivity index (χ0v) is 16.6. The van der Waals surface area contributed by atoms with Crippen LogP contribution in [0.15, 0.2) is 66.7 Å². The molecule has 0 bridgehead atoms. The molecule has 3 aromatic rings. The van der Waals surface area contributed by atoms with Crippen LogP contribution in [0, 0.1) is 0 Å². The van der Waals surface area contributed by atoms with Crippen LogP contribution in [-0.4, -0.2) is 18.1 Å². The van der Waals surface area contributed by atoms with E-state index in [1.807, 2.05) is 42.5 Å². The number of hydrazine groups is 1. The quantitative estimate of drug-likeness (QED) is 0.334. The molecule has 0 aliphatic rings. The number of ether oxygens (including phenoxy) is 1. The minimum atomic E-state index is -0.329. The number of thiocarbonyl (C=S) groups is 1. The Bertz CT molecular complexity index is 1050. The summed E-state index contributed by atoms with van der Waals surface area (Å²) in [6.07, 6.45) is 3.16. The lowest BCUT2D eigenvalue weighted by Crippen LogP contribution is -2.43. The first kappa shape index (κ1) is 19.7. The summed E-state index contributed by atoms with van der Waals surface area (Å²) in [5.41, 5.74) is 6.79. The van der Waals surface area contributed by atoms with Crippen molar-refractivity contribution in [1.82, 2.24) is 10.9 Å². The summed E-state index contributed by atoms with van der Waals surface area (Å²) >= 11 is 11.1. The second-order valence-electron chi connectivity index (χ2n) is 5.88. The molecule has 0 fully saturated rings. The van der Waals surface area contributed by atoms with Crippen molar-refractivity contribution in [3.63, 3.8) is 0 Å². The number of halogens is 1. The van der Waals surface area contributed by atoms with Crippen molar-refractivity contribution in [2.75, 3.05) is 12.4 Å². The summed E-state index contributed by atoms with van der Waals surface area (Å²) in [5, 5.41) is 5.91. The number of benzene rings is 3. The normalized spacial score (nSPS) is 10.6. The Hall–Kier alpha value is -3.09. The van der Waals surface area contributed by atoms with E-state index in [-0.39, 0.29) is 11.0 Å². The van der Waals surface area contributed by atoms with Gasteiger partial charge in [-0.3, -0.25) is 15.6 Å². The molecule has 0 atom stereocenters. The highest BCUT2D eigenvalue weighted by atomic mass is 35.5. The van der Waals surface area contributed by atoms with Crippen LogP contribution in [0.25, 0.3) is 16.8 Å². The largest absolute Gasteiger partial charge is 0.497 e. The van der Waals surface area contributed by atoms with Crippen molar-refractivity contribution in [3.05, 3.63) is 77.3 Å². The maximum atomic E-state index is 12.0. The van der Waals surface area contributed by atoms with Crippen LogP contribution in [0.4, 0.5) is 5.69 Å². The Labute approximate surface area is 173 Å². The van der Waals surface area contributed by atoms with E-state index < -0.39 is 0 Å². The number of methoxy groups -OCH3 is 1. The predicted octanol–water partition coefficient (Wildman–Crippen LogP) is 4.53. The number of carbonyl (C=O) groups is 1. The van der Waals surface area contributed by atoms with Gasteiger partial charge in [0.1, 0.15) is 5.75 Å². The average Bonchev–Trinajstić information content (AvgIpc) is 2.70. The number of anilines is 1. The zero-order valence-electron chi connectivity index (χ0n) is 15.0. The van der Waals surface area contributed by atoms with Gasteiger partial charge in [0.2, 0.25) is 0 Å². The Morgan fingerprint density at radius 3 is 2.61 bits per heavy atom. The lowest BCUT2D eigenvalue weighted by molar-refractivity contribution is -0.116. The van der Waals surface area contributed by atoms with Gasteiger partial charge < -0.3 is 10.1 Å². The van der Waals surface area contributed by atoms with Crippen LogP contribution < -0.4 is 20.9 Å². The molecule has 7 heteroatoms. The minimum absolute atomic E-state index is 0.253. The number of fused-ring (bicyclic) bond motifs is 1. The molecule has 3 N–H and O–H groups in total. The van der Waals surface area contributed by atoms with E-state index in [2.05, 4.69) is 16.2 Å². The van der Waals surface area contributed by atoms with Crippen LogP contribution >= 0.6 is 23.8 Å². The molecule has 0 saturated heterocycles. The first-order valence-corrected chi connectivity index (χ1v) is 9.20. The summed E-state index contributed by atoms with van der Waals surface area (Å²) < 4.78 is 5.22. The van der Waals surface area contributed by atoms with Crippen molar-refractivity contribution in [3.8, 4) is 5.75 Å². The molecule has 0 unspecified atom stereocenters.